The van der Waals surface area contributed by atoms with Gasteiger partial charge in [0.15, 0.2) is 0 Å². The van der Waals surface area contributed by atoms with Crippen LogP contribution in [0.4, 0.5) is 0 Å². The number of carbonyl (C=O) groups is 1. The second-order valence-corrected chi connectivity index (χ2v) is 13.1. The molecule has 3 nitrogen and oxygen atoms in total. The SMILES string of the molecule is C[Si](C)(C)CC(=O)Cc1ccc(C2(C#N)CCNCC2)cc1. The van der Waals surface area contributed by atoms with Gasteiger partial charge in [-0.2, -0.15) is 5.26 Å². The van der Waals surface area contributed by atoms with E-state index in [0.29, 0.717) is 12.2 Å². The van der Waals surface area contributed by atoms with Crippen LogP contribution in [0.3, 0.4) is 0 Å². The molecule has 0 radical (unpaired) electrons. The van der Waals surface area contributed by atoms with Crippen molar-refractivity contribution in [3.8, 4) is 6.07 Å². The Morgan fingerprint density at radius 1 is 1.23 bits per heavy atom. The van der Waals surface area contributed by atoms with Gasteiger partial charge in [-0.25, -0.2) is 0 Å². The standard InChI is InChI=1S/C18H26N2OSi/c1-22(2,3)13-17(21)12-15-4-6-16(7-5-15)18(14-19)8-10-20-11-9-18/h4-7,20H,8-13H2,1-3H3. The van der Waals surface area contributed by atoms with Crippen LogP contribution in [-0.4, -0.2) is 26.9 Å². The molecule has 1 saturated heterocycles. The minimum absolute atomic E-state index is 0.337. The molecule has 1 fully saturated rings. The van der Waals surface area contributed by atoms with Crippen LogP contribution in [0.2, 0.25) is 25.7 Å². The summed E-state index contributed by atoms with van der Waals surface area (Å²) in [5, 5.41) is 12.9. The van der Waals surface area contributed by atoms with Gasteiger partial charge in [0.2, 0.25) is 0 Å². The summed E-state index contributed by atoms with van der Waals surface area (Å²) in [4.78, 5) is 12.1. The Hall–Kier alpha value is -1.44. The zero-order valence-electron chi connectivity index (χ0n) is 13.9. The first kappa shape index (κ1) is 16.9. The number of ketones is 1. The van der Waals surface area contributed by atoms with Crippen molar-refractivity contribution in [2.45, 2.75) is 50.4 Å². The number of hydrogen-bond donors (Lipinski definition) is 1. The van der Waals surface area contributed by atoms with E-state index in [1.54, 1.807) is 0 Å². The van der Waals surface area contributed by atoms with Crippen LogP contribution >= 0.6 is 0 Å². The summed E-state index contributed by atoms with van der Waals surface area (Å²) >= 11 is 0. The summed E-state index contributed by atoms with van der Waals surface area (Å²) in [6.45, 7) is 8.46. The Bertz CT molecular complexity index is 560. The molecule has 2 rings (SSSR count). The van der Waals surface area contributed by atoms with E-state index in [9.17, 15) is 10.1 Å². The Balaban J connectivity index is 2.07. The number of nitrogens with one attached hydrogen (secondary N) is 1. The van der Waals surface area contributed by atoms with E-state index < -0.39 is 8.07 Å². The molecular weight excluding hydrogens is 288 g/mol. The maximum atomic E-state index is 12.1. The van der Waals surface area contributed by atoms with Crippen molar-refractivity contribution in [1.29, 1.82) is 5.26 Å². The van der Waals surface area contributed by atoms with Gasteiger partial charge in [0.25, 0.3) is 0 Å². The second kappa shape index (κ2) is 6.76. The highest BCUT2D eigenvalue weighted by atomic mass is 28.3. The highest BCUT2D eigenvalue weighted by Gasteiger charge is 2.33. The van der Waals surface area contributed by atoms with Crippen molar-refractivity contribution in [2.75, 3.05) is 13.1 Å². The molecule has 1 aliphatic heterocycles. The molecule has 1 heterocycles. The number of hydrogen-bond acceptors (Lipinski definition) is 3. The van der Waals surface area contributed by atoms with Crippen molar-refractivity contribution in [2.24, 2.45) is 0 Å². The number of piperidine rings is 1. The summed E-state index contributed by atoms with van der Waals surface area (Å²) < 4.78 is 0. The molecule has 22 heavy (non-hydrogen) atoms. The highest BCUT2D eigenvalue weighted by molar-refractivity contribution is 6.78. The van der Waals surface area contributed by atoms with Gasteiger partial charge >= 0.3 is 0 Å². The molecule has 118 valence electrons. The minimum Gasteiger partial charge on any atom is -0.317 e. The van der Waals surface area contributed by atoms with E-state index in [-0.39, 0.29) is 5.41 Å². The lowest BCUT2D eigenvalue weighted by molar-refractivity contribution is -0.116. The van der Waals surface area contributed by atoms with E-state index in [1.165, 1.54) is 0 Å². The quantitative estimate of drug-likeness (QED) is 0.849. The molecule has 0 atom stereocenters. The van der Waals surface area contributed by atoms with Crippen LogP contribution in [0.1, 0.15) is 24.0 Å². The second-order valence-electron chi connectivity index (χ2n) is 7.59. The summed E-state index contributed by atoms with van der Waals surface area (Å²) in [5.41, 5.74) is 1.80. The third-order valence-corrected chi connectivity index (χ3v) is 5.76. The van der Waals surface area contributed by atoms with Gasteiger partial charge in [0.1, 0.15) is 5.78 Å². The van der Waals surface area contributed by atoms with E-state index >= 15 is 0 Å². The predicted molar refractivity (Wildman–Crippen MR) is 92.7 cm³/mol. The van der Waals surface area contributed by atoms with Crippen LogP contribution in [0.25, 0.3) is 0 Å². The number of rotatable bonds is 5. The fraction of sp³-hybridized carbons (Fsp3) is 0.556. The Kier molecular flexibility index (Phi) is 5.20. The normalized spacial score (nSPS) is 17.7. The first-order chi connectivity index (χ1) is 10.3. The molecule has 0 spiro atoms. The Labute approximate surface area is 134 Å². The molecule has 0 amide bonds. The molecule has 0 aromatic heterocycles. The maximum Gasteiger partial charge on any atom is 0.134 e. The maximum absolute atomic E-state index is 12.1. The van der Waals surface area contributed by atoms with Gasteiger partial charge in [0.05, 0.1) is 19.6 Å². The van der Waals surface area contributed by atoms with Gasteiger partial charge in [-0.1, -0.05) is 43.9 Å². The predicted octanol–water partition coefficient (Wildman–Crippen LogP) is 3.28. The van der Waals surface area contributed by atoms with Gasteiger partial charge in [-0.15, -0.1) is 0 Å². The molecule has 0 bridgehead atoms. The van der Waals surface area contributed by atoms with Crippen molar-refractivity contribution < 1.29 is 4.79 Å². The third-order valence-electron chi connectivity index (χ3n) is 4.31. The number of Topliss-reactive ketones (excluding diaryl/α,β-unsaturated/α-hetero) is 1. The van der Waals surface area contributed by atoms with E-state index in [4.69, 9.17) is 0 Å². The monoisotopic (exact) mass is 314 g/mol. The van der Waals surface area contributed by atoms with Gasteiger partial charge in [0, 0.05) is 12.5 Å². The molecular formula is C18H26N2OSi. The number of carbonyl (C=O) groups excluding carboxylic acids is 1. The van der Waals surface area contributed by atoms with Crippen LogP contribution < -0.4 is 5.32 Å². The summed E-state index contributed by atoms with van der Waals surface area (Å²) in [6, 6.07) is 11.4. The lowest BCUT2D eigenvalue weighted by atomic mass is 9.74. The molecule has 0 saturated carbocycles. The lowest BCUT2D eigenvalue weighted by Crippen LogP contribution is -2.38. The molecule has 0 unspecified atom stereocenters. The highest BCUT2D eigenvalue weighted by Crippen LogP contribution is 2.32. The first-order valence-corrected chi connectivity index (χ1v) is 11.8. The summed E-state index contributed by atoms with van der Waals surface area (Å²) in [5.74, 6) is 0.337. The molecule has 1 aromatic carbocycles. The fourth-order valence-corrected chi connectivity index (χ4v) is 4.45. The first-order valence-electron chi connectivity index (χ1n) is 8.08. The minimum atomic E-state index is -1.33. The smallest absolute Gasteiger partial charge is 0.134 e. The molecule has 4 heteroatoms. The van der Waals surface area contributed by atoms with E-state index in [1.807, 2.05) is 24.3 Å². The third kappa shape index (κ3) is 4.28. The lowest BCUT2D eigenvalue weighted by Gasteiger charge is -2.31. The average molecular weight is 315 g/mol. The van der Waals surface area contributed by atoms with Crippen LogP contribution in [0.5, 0.6) is 0 Å². The van der Waals surface area contributed by atoms with Crippen LogP contribution in [0, 0.1) is 11.3 Å². The molecule has 0 aliphatic carbocycles. The summed E-state index contributed by atoms with van der Waals surface area (Å²) in [6.07, 6.45) is 2.24. The van der Waals surface area contributed by atoms with Crippen molar-refractivity contribution in [1.82, 2.24) is 5.32 Å². The summed E-state index contributed by atoms with van der Waals surface area (Å²) in [7, 11) is -1.33. The Morgan fingerprint density at radius 3 is 2.32 bits per heavy atom. The molecule has 1 aromatic rings. The topological polar surface area (TPSA) is 52.9 Å². The Morgan fingerprint density at radius 2 is 1.82 bits per heavy atom. The number of nitriles is 1. The van der Waals surface area contributed by atoms with E-state index in [0.717, 1.165) is 43.1 Å². The van der Waals surface area contributed by atoms with Gasteiger partial charge < -0.3 is 5.32 Å². The average Bonchev–Trinajstić information content (AvgIpc) is 2.46. The molecule has 1 N–H and O–H groups in total. The molecule has 1 aliphatic rings. The van der Waals surface area contributed by atoms with Crippen molar-refractivity contribution in [3.63, 3.8) is 0 Å². The number of nitrogens with zero attached hydrogens (tertiary/aromatic N) is 1. The number of benzene rings is 1. The van der Waals surface area contributed by atoms with E-state index in [2.05, 4.69) is 31.0 Å². The zero-order valence-corrected chi connectivity index (χ0v) is 14.9. The zero-order chi connectivity index (χ0) is 16.2. The van der Waals surface area contributed by atoms with Crippen molar-refractivity contribution in [3.05, 3.63) is 35.4 Å². The fourth-order valence-electron chi connectivity index (χ4n) is 3.14. The van der Waals surface area contributed by atoms with Crippen LogP contribution in [-0.2, 0) is 16.6 Å². The largest absolute Gasteiger partial charge is 0.317 e. The van der Waals surface area contributed by atoms with Gasteiger partial charge in [-0.3, -0.25) is 4.79 Å². The van der Waals surface area contributed by atoms with Gasteiger partial charge in [-0.05, 0) is 37.1 Å². The van der Waals surface area contributed by atoms with Crippen LogP contribution in [0.15, 0.2) is 24.3 Å². The van der Waals surface area contributed by atoms with Crippen molar-refractivity contribution >= 4 is 13.9 Å².